The third-order valence-corrected chi connectivity index (χ3v) is 3.74. The predicted octanol–water partition coefficient (Wildman–Crippen LogP) is 3.70. The molecule has 1 aromatic heterocycles. The Morgan fingerprint density at radius 2 is 1.65 bits per heavy atom. The van der Waals surface area contributed by atoms with E-state index < -0.39 is 12.1 Å². The van der Waals surface area contributed by atoms with Crippen LogP contribution in [0.5, 0.6) is 0 Å². The summed E-state index contributed by atoms with van der Waals surface area (Å²) in [4.78, 5) is 24.4. The second-order valence-corrected chi connectivity index (χ2v) is 5.62. The Morgan fingerprint density at radius 1 is 1.04 bits per heavy atom. The van der Waals surface area contributed by atoms with Gasteiger partial charge in [-0.15, -0.1) is 0 Å². The molecule has 0 fully saturated rings. The minimum absolute atomic E-state index is 0.377. The number of benzene rings is 1. The Balaban J connectivity index is 2.03. The lowest BCUT2D eigenvalue weighted by molar-refractivity contribution is -0.123. The molecule has 1 heterocycles. The van der Waals surface area contributed by atoms with Gasteiger partial charge in [-0.25, -0.2) is 4.79 Å². The van der Waals surface area contributed by atoms with Gasteiger partial charge in [0.2, 0.25) is 0 Å². The number of amides is 1. The van der Waals surface area contributed by atoms with Gasteiger partial charge in [-0.2, -0.15) is 0 Å². The van der Waals surface area contributed by atoms with Crippen LogP contribution >= 0.6 is 0 Å². The van der Waals surface area contributed by atoms with Gasteiger partial charge in [-0.05, 0) is 46.8 Å². The molecule has 5 nitrogen and oxygen atoms in total. The molecule has 1 atom stereocenters. The Kier molecular flexibility index (Phi) is 4.89. The fourth-order valence-corrected chi connectivity index (χ4v) is 2.25. The van der Waals surface area contributed by atoms with Crippen molar-refractivity contribution in [1.82, 2.24) is 0 Å². The van der Waals surface area contributed by atoms with Crippen molar-refractivity contribution in [3.05, 3.63) is 52.5 Å². The average molecular weight is 315 g/mol. The average Bonchev–Trinajstić information content (AvgIpc) is 2.74. The van der Waals surface area contributed by atoms with Gasteiger partial charge in [-0.3, -0.25) is 4.79 Å². The zero-order valence-corrected chi connectivity index (χ0v) is 14.0. The molecule has 0 saturated carbocycles. The summed E-state index contributed by atoms with van der Waals surface area (Å²) in [5.41, 5.74) is 2.88. The lowest BCUT2D eigenvalue weighted by Crippen LogP contribution is -2.30. The van der Waals surface area contributed by atoms with Gasteiger partial charge in [0, 0.05) is 11.3 Å². The lowest BCUT2D eigenvalue weighted by Gasteiger charge is -2.13. The number of carbonyl (C=O) groups excluding carboxylic acids is 2. The van der Waals surface area contributed by atoms with E-state index in [-0.39, 0.29) is 5.91 Å². The number of esters is 1. The van der Waals surface area contributed by atoms with Gasteiger partial charge < -0.3 is 14.5 Å². The number of nitrogens with one attached hydrogen (secondary N) is 1. The van der Waals surface area contributed by atoms with E-state index in [1.54, 1.807) is 39.8 Å². The molecule has 2 rings (SSSR count). The molecule has 0 saturated heterocycles. The van der Waals surface area contributed by atoms with Crippen LogP contribution < -0.4 is 5.32 Å². The largest absolute Gasteiger partial charge is 0.465 e. The van der Waals surface area contributed by atoms with Crippen LogP contribution in [0.4, 0.5) is 5.69 Å². The maximum atomic E-state index is 12.2. The van der Waals surface area contributed by atoms with Crippen LogP contribution in [-0.4, -0.2) is 18.0 Å². The normalized spacial score (nSPS) is 11.9. The number of furan rings is 1. The fraction of sp³-hybridized carbons (Fsp3) is 0.333. The Bertz CT molecular complexity index is 728. The highest BCUT2D eigenvalue weighted by Crippen LogP contribution is 2.22. The Morgan fingerprint density at radius 3 is 2.17 bits per heavy atom. The third kappa shape index (κ3) is 3.80. The first-order valence-corrected chi connectivity index (χ1v) is 7.44. The van der Waals surface area contributed by atoms with Gasteiger partial charge in [0.1, 0.15) is 17.1 Å². The first-order valence-electron chi connectivity index (χ1n) is 7.44. The highest BCUT2D eigenvalue weighted by molar-refractivity contribution is 5.98. The SMILES string of the molecule is Cc1ccc(NC(=O)[C@H](C)OC(=O)c2c(C)oc(C)c2C)cc1. The molecule has 0 unspecified atom stereocenters. The number of hydrogen-bond acceptors (Lipinski definition) is 4. The smallest absolute Gasteiger partial charge is 0.342 e. The molecule has 2 aromatic rings. The van der Waals surface area contributed by atoms with E-state index in [0.29, 0.717) is 22.8 Å². The number of hydrogen-bond donors (Lipinski definition) is 1. The zero-order chi connectivity index (χ0) is 17.1. The number of ether oxygens (including phenoxy) is 1. The van der Waals surface area contributed by atoms with Crippen LogP contribution in [0, 0.1) is 27.7 Å². The molecule has 0 aliphatic heterocycles. The first-order chi connectivity index (χ1) is 10.8. The summed E-state index contributed by atoms with van der Waals surface area (Å²) in [5, 5.41) is 2.72. The quantitative estimate of drug-likeness (QED) is 0.874. The molecule has 122 valence electrons. The summed E-state index contributed by atoms with van der Waals surface area (Å²) in [6, 6.07) is 7.39. The van der Waals surface area contributed by atoms with E-state index in [1.165, 1.54) is 0 Å². The van der Waals surface area contributed by atoms with E-state index in [2.05, 4.69) is 5.32 Å². The fourth-order valence-electron chi connectivity index (χ4n) is 2.25. The van der Waals surface area contributed by atoms with Crippen LogP contribution in [-0.2, 0) is 9.53 Å². The van der Waals surface area contributed by atoms with E-state index in [9.17, 15) is 9.59 Å². The summed E-state index contributed by atoms with van der Waals surface area (Å²) in [6.45, 7) is 8.78. The number of carbonyl (C=O) groups is 2. The van der Waals surface area contributed by atoms with Crippen molar-refractivity contribution in [2.24, 2.45) is 0 Å². The second-order valence-electron chi connectivity index (χ2n) is 5.62. The maximum absolute atomic E-state index is 12.2. The van der Waals surface area contributed by atoms with Crippen molar-refractivity contribution in [3.63, 3.8) is 0 Å². The lowest BCUT2D eigenvalue weighted by atomic mass is 10.1. The zero-order valence-electron chi connectivity index (χ0n) is 14.0. The molecule has 0 radical (unpaired) electrons. The standard InChI is InChI=1S/C18H21NO4/c1-10-6-8-15(9-7-10)19-17(20)14(5)23-18(21)16-11(2)12(3)22-13(16)4/h6-9,14H,1-5H3,(H,19,20)/t14-/m0/s1. The molecule has 0 bridgehead atoms. The van der Waals surface area contributed by atoms with Crippen LogP contribution in [0.15, 0.2) is 28.7 Å². The van der Waals surface area contributed by atoms with Crippen molar-refractivity contribution in [3.8, 4) is 0 Å². The molecule has 5 heteroatoms. The summed E-state index contributed by atoms with van der Waals surface area (Å²) in [5.74, 6) is 0.239. The summed E-state index contributed by atoms with van der Waals surface area (Å²) in [6.07, 6.45) is -0.905. The van der Waals surface area contributed by atoms with Crippen molar-refractivity contribution in [2.75, 3.05) is 5.32 Å². The molecule has 1 amide bonds. The van der Waals surface area contributed by atoms with Crippen LogP contribution in [0.3, 0.4) is 0 Å². The molecule has 1 aromatic carbocycles. The summed E-state index contributed by atoms with van der Waals surface area (Å²) < 4.78 is 10.7. The van der Waals surface area contributed by atoms with Crippen LogP contribution in [0.25, 0.3) is 0 Å². The molecule has 0 aliphatic rings. The summed E-state index contributed by atoms with van der Waals surface area (Å²) >= 11 is 0. The molecular formula is C18H21NO4. The maximum Gasteiger partial charge on any atom is 0.342 e. The Labute approximate surface area is 135 Å². The third-order valence-electron chi connectivity index (χ3n) is 3.74. The van der Waals surface area contributed by atoms with E-state index >= 15 is 0 Å². The van der Waals surface area contributed by atoms with Crippen LogP contribution in [0.2, 0.25) is 0 Å². The molecule has 0 spiro atoms. The second kappa shape index (κ2) is 6.69. The Hall–Kier alpha value is -2.56. The van der Waals surface area contributed by atoms with Gasteiger partial charge >= 0.3 is 5.97 Å². The molecule has 1 N–H and O–H groups in total. The topological polar surface area (TPSA) is 68.5 Å². The van der Waals surface area contributed by atoms with Gasteiger partial charge in [0.25, 0.3) is 5.91 Å². The van der Waals surface area contributed by atoms with Crippen molar-refractivity contribution in [1.29, 1.82) is 0 Å². The van der Waals surface area contributed by atoms with Gasteiger partial charge in [-0.1, -0.05) is 17.7 Å². The minimum Gasteiger partial charge on any atom is -0.465 e. The highest BCUT2D eigenvalue weighted by atomic mass is 16.5. The van der Waals surface area contributed by atoms with E-state index in [4.69, 9.17) is 9.15 Å². The number of aryl methyl sites for hydroxylation is 3. The summed E-state index contributed by atoms with van der Waals surface area (Å²) in [7, 11) is 0. The molecular weight excluding hydrogens is 294 g/mol. The predicted molar refractivity (Wildman–Crippen MR) is 87.6 cm³/mol. The molecule has 23 heavy (non-hydrogen) atoms. The van der Waals surface area contributed by atoms with Crippen molar-refractivity contribution >= 4 is 17.6 Å². The van der Waals surface area contributed by atoms with Crippen LogP contribution in [0.1, 0.15) is 39.9 Å². The highest BCUT2D eigenvalue weighted by Gasteiger charge is 2.24. The number of rotatable bonds is 4. The monoisotopic (exact) mass is 315 g/mol. The van der Waals surface area contributed by atoms with E-state index in [1.807, 2.05) is 19.1 Å². The van der Waals surface area contributed by atoms with E-state index in [0.717, 1.165) is 11.1 Å². The van der Waals surface area contributed by atoms with Gasteiger partial charge in [0.15, 0.2) is 6.10 Å². The van der Waals surface area contributed by atoms with Crippen molar-refractivity contribution in [2.45, 2.75) is 40.7 Å². The number of anilines is 1. The van der Waals surface area contributed by atoms with Gasteiger partial charge in [0.05, 0.1) is 0 Å². The molecule has 0 aliphatic carbocycles. The van der Waals surface area contributed by atoms with Crippen molar-refractivity contribution < 1.29 is 18.7 Å². The first kappa shape index (κ1) is 16.8. The minimum atomic E-state index is -0.905.